The van der Waals surface area contributed by atoms with Gasteiger partial charge in [0.1, 0.15) is 18.0 Å². The zero-order valence-corrected chi connectivity index (χ0v) is 20.3. The van der Waals surface area contributed by atoms with Gasteiger partial charge in [-0.2, -0.15) is 0 Å². The summed E-state index contributed by atoms with van der Waals surface area (Å²) >= 11 is 0.600. The predicted molar refractivity (Wildman–Crippen MR) is 133 cm³/mol. The molecule has 12 heteroatoms. The quantitative estimate of drug-likeness (QED) is 0.230. The van der Waals surface area contributed by atoms with Crippen LogP contribution in [0.4, 0.5) is 10.2 Å². The Morgan fingerprint density at radius 3 is 2.94 bits per heavy atom. The fourth-order valence-corrected chi connectivity index (χ4v) is 4.36. The van der Waals surface area contributed by atoms with Gasteiger partial charge in [0.2, 0.25) is 0 Å². The minimum absolute atomic E-state index is 0.0128. The second kappa shape index (κ2) is 10.5. The maximum absolute atomic E-state index is 14.2. The van der Waals surface area contributed by atoms with E-state index in [2.05, 4.69) is 25.6 Å². The third kappa shape index (κ3) is 4.92. The van der Waals surface area contributed by atoms with Crippen LogP contribution in [0.25, 0.3) is 11.2 Å². The number of thioether (sulfide) groups is 1. The minimum atomic E-state index is -3.84. The highest BCUT2D eigenvalue weighted by Crippen LogP contribution is 2.44. The highest BCUT2D eigenvalue weighted by Gasteiger charge is 2.45. The molecule has 2 aliphatic rings. The number of aliphatic hydroxyl groups is 3. The second-order valence-electron chi connectivity index (χ2n) is 8.30. The first-order valence-electron chi connectivity index (χ1n) is 15.3. The van der Waals surface area contributed by atoms with Crippen LogP contribution in [-0.2, 0) is 4.74 Å². The summed E-state index contributed by atoms with van der Waals surface area (Å²) in [4.78, 5) is 8.61. The topological polar surface area (TPSA) is 138 Å². The maximum Gasteiger partial charge on any atom is 0.191 e. The van der Waals surface area contributed by atoms with Gasteiger partial charge in [0.15, 0.2) is 22.1 Å². The van der Waals surface area contributed by atoms with Crippen LogP contribution in [0.1, 0.15) is 60.2 Å². The molecule has 0 bridgehead atoms. The summed E-state index contributed by atoms with van der Waals surface area (Å²) in [7, 11) is 0. The maximum atomic E-state index is 14.2. The van der Waals surface area contributed by atoms with Gasteiger partial charge in [0.25, 0.3) is 0 Å². The molecule has 0 saturated heterocycles. The van der Waals surface area contributed by atoms with Crippen molar-refractivity contribution in [3.8, 4) is 0 Å². The van der Waals surface area contributed by atoms with E-state index in [-0.39, 0.29) is 40.7 Å². The van der Waals surface area contributed by atoms with Crippen LogP contribution in [0.5, 0.6) is 0 Å². The molecule has 4 N–H and O–H groups in total. The van der Waals surface area contributed by atoms with E-state index < -0.39 is 55.2 Å². The Bertz CT molecular complexity index is 1600. The molecule has 3 aromatic rings. The monoisotopic (exact) mass is 526 g/mol. The first-order chi connectivity index (χ1) is 20.3. The number of hydrogen-bond donors (Lipinski definition) is 4. The predicted octanol–water partition coefficient (Wildman–Crippen LogP) is 2.18. The first-order valence-corrected chi connectivity index (χ1v) is 12.2. The molecule has 0 aliphatic heterocycles. The summed E-state index contributed by atoms with van der Waals surface area (Å²) in [5, 5.41) is 41.9. The molecule has 0 unspecified atom stereocenters. The number of aromatic nitrogens is 5. The highest BCUT2D eigenvalue weighted by molar-refractivity contribution is 7.99. The lowest BCUT2D eigenvalue weighted by Crippen LogP contribution is -2.33. The first kappa shape index (κ1) is 17.2. The third-order valence-electron chi connectivity index (χ3n) is 5.77. The average molecular weight is 527 g/mol. The Kier molecular flexibility index (Phi) is 5.03. The average Bonchev–Trinajstić information content (AvgIpc) is 3.57. The highest BCUT2D eigenvalue weighted by atomic mass is 32.2. The number of nitrogens with one attached hydrogen (secondary N) is 1. The van der Waals surface area contributed by atoms with Crippen molar-refractivity contribution in [1.82, 2.24) is 25.0 Å². The Balaban J connectivity index is 1.64. The lowest BCUT2D eigenvalue weighted by Gasteiger charge is -2.17. The van der Waals surface area contributed by atoms with E-state index in [0.29, 0.717) is 28.4 Å². The molecule has 2 aromatic heterocycles. The summed E-state index contributed by atoms with van der Waals surface area (Å²) in [6.45, 7) is 1.70. The van der Waals surface area contributed by atoms with E-state index in [1.165, 1.54) is 6.07 Å². The molecule has 10 nitrogen and oxygen atoms in total. The van der Waals surface area contributed by atoms with Gasteiger partial charge in [-0.1, -0.05) is 36.0 Å². The van der Waals surface area contributed by atoms with Crippen molar-refractivity contribution >= 4 is 28.7 Å². The lowest BCUT2D eigenvalue weighted by atomic mass is 10.1. The van der Waals surface area contributed by atoms with Crippen molar-refractivity contribution in [3.05, 3.63) is 35.1 Å². The minimum Gasteiger partial charge on any atom is -0.394 e. The number of rotatable bonds is 10. The number of nitrogens with zero attached hydrogens (tertiary/aromatic N) is 5. The van der Waals surface area contributed by atoms with Crippen LogP contribution in [0.2, 0.25) is 0 Å². The van der Waals surface area contributed by atoms with Gasteiger partial charge in [0, 0.05) is 29.5 Å². The van der Waals surface area contributed by atoms with Crippen LogP contribution in [0, 0.1) is 12.7 Å². The van der Waals surface area contributed by atoms with Crippen molar-refractivity contribution in [2.45, 2.75) is 74.4 Å². The van der Waals surface area contributed by atoms with E-state index in [9.17, 15) is 19.7 Å². The van der Waals surface area contributed by atoms with Gasteiger partial charge in [-0.25, -0.2) is 19.0 Å². The van der Waals surface area contributed by atoms with Crippen LogP contribution in [0.15, 0.2) is 23.4 Å². The number of halogens is 1. The molecule has 2 heterocycles. The Labute approximate surface area is 223 Å². The van der Waals surface area contributed by atoms with Crippen molar-refractivity contribution in [3.63, 3.8) is 0 Å². The third-order valence-corrected chi connectivity index (χ3v) is 6.57. The molecule has 0 radical (unpaired) electrons. The van der Waals surface area contributed by atoms with E-state index >= 15 is 0 Å². The Morgan fingerprint density at radius 1 is 1.36 bits per heavy atom. The largest absolute Gasteiger partial charge is 0.394 e. The normalized spacial score (nSPS) is 40.8. The van der Waals surface area contributed by atoms with Crippen molar-refractivity contribution in [2.24, 2.45) is 0 Å². The van der Waals surface area contributed by atoms with Gasteiger partial charge < -0.3 is 25.4 Å². The molecular formula is C24H31FN6O4S. The van der Waals surface area contributed by atoms with Crippen LogP contribution in [0.3, 0.4) is 0 Å². The number of ether oxygens (including phenoxy) is 1. The zero-order chi connectivity index (χ0) is 32.7. The van der Waals surface area contributed by atoms with E-state index in [1.807, 2.05) is 0 Å². The summed E-state index contributed by atoms with van der Waals surface area (Å²) in [6, 6.07) is 1.08. The number of benzene rings is 1. The lowest BCUT2D eigenvalue weighted by molar-refractivity contribution is -0.0629. The SMILES string of the molecule is [2H]C([2H])(CC)Sc1nc(N[C@@H]2C[C@H]2c2ccc(C)c(F)c2)c2nnn([C@]3([2H])C([2H])([2H])[C@]([2H])(OCCO)[C@@]([2H])(O)[C@@]3([2H])O)c2n1. The Morgan fingerprint density at radius 2 is 2.19 bits per heavy atom. The van der Waals surface area contributed by atoms with Gasteiger partial charge in [-0.3, -0.25) is 0 Å². The summed E-state index contributed by atoms with van der Waals surface area (Å²) < 4.78 is 87.7. The molecule has 0 amide bonds. The number of aliphatic hydroxyl groups excluding tert-OH is 1. The molecule has 194 valence electrons. The smallest absolute Gasteiger partial charge is 0.191 e. The fourth-order valence-electron chi connectivity index (χ4n) is 3.82. The zero-order valence-electron chi connectivity index (χ0n) is 27.5. The van der Waals surface area contributed by atoms with Crippen LogP contribution >= 0.6 is 11.8 Å². The fraction of sp³-hybridized carbons (Fsp3) is 0.583. The van der Waals surface area contributed by atoms with E-state index in [0.717, 1.165) is 5.56 Å². The van der Waals surface area contributed by atoms with Crippen molar-refractivity contribution in [2.75, 3.05) is 24.2 Å². The van der Waals surface area contributed by atoms with Gasteiger partial charge in [0.05, 0.1) is 30.8 Å². The van der Waals surface area contributed by atoms with Gasteiger partial charge in [-0.15, -0.1) is 5.10 Å². The van der Waals surface area contributed by atoms with Gasteiger partial charge in [-0.05, 0) is 37.0 Å². The molecule has 0 spiro atoms. The molecule has 1 aromatic carbocycles. The van der Waals surface area contributed by atoms with Crippen molar-refractivity contribution < 1.29 is 35.4 Å². The number of fused-ring (bicyclic) bond motifs is 1. The van der Waals surface area contributed by atoms with Crippen molar-refractivity contribution in [1.29, 1.82) is 0 Å². The second-order valence-corrected chi connectivity index (χ2v) is 9.16. The number of anilines is 1. The summed E-state index contributed by atoms with van der Waals surface area (Å²) in [5.41, 5.74) is -1.31. The standard InChI is InChI=1S/C24H31FN6O4S/c1-3-8-36-24-27-22(26-16-10-14(16)13-5-4-12(2)15(25)9-13)19-23(28-24)31(30-29-19)17-11-18(35-7-6-32)21(34)20(17)33/h4-5,9,14,16-18,20-21,32-34H,3,6-8,10-11H2,1-2H3,(H,26,27,28)/t14-,16+,17+,18-,20-,21+/m0/s1/i8D2,11D2,17D,18D,20D,21D. The number of aryl methyl sites for hydroxylation is 1. The Hall–Kier alpha value is -2.38. The molecule has 6 atom stereocenters. The van der Waals surface area contributed by atoms with Crippen LogP contribution in [-0.4, -0.2) is 83.5 Å². The molecule has 36 heavy (non-hydrogen) atoms. The summed E-state index contributed by atoms with van der Waals surface area (Å²) in [6.07, 6.45) is -14.1. The molecule has 2 fully saturated rings. The molecule has 2 aliphatic carbocycles. The van der Waals surface area contributed by atoms with E-state index in [4.69, 9.17) is 15.7 Å². The number of hydrogen-bond acceptors (Lipinski definition) is 10. The molecule has 5 rings (SSSR count). The van der Waals surface area contributed by atoms with E-state index in [1.54, 1.807) is 26.0 Å². The molecular weight excluding hydrogens is 487 g/mol. The van der Waals surface area contributed by atoms with Crippen LogP contribution < -0.4 is 5.32 Å². The summed E-state index contributed by atoms with van der Waals surface area (Å²) in [5.74, 6) is -0.501. The van der Waals surface area contributed by atoms with Gasteiger partial charge >= 0.3 is 0 Å². The molecule has 2 saturated carbocycles.